The number of carbonyl (C=O) groups is 1. The summed E-state index contributed by atoms with van der Waals surface area (Å²) in [5.41, 5.74) is 5.80. The SMILES string of the molecule is COC(=O)Oc1ccc(C(C)(C)c2ccc(C)c(C)c2)cc1C. The minimum atomic E-state index is -0.700. The number of ether oxygens (including phenoxy) is 2. The fraction of sp³-hybridized carbons (Fsp3) is 0.350. The molecule has 2 aromatic carbocycles. The van der Waals surface area contributed by atoms with Crippen LogP contribution in [0.25, 0.3) is 0 Å². The van der Waals surface area contributed by atoms with Crippen molar-refractivity contribution >= 4 is 6.16 Å². The third kappa shape index (κ3) is 3.55. The van der Waals surface area contributed by atoms with E-state index in [1.54, 1.807) is 0 Å². The first kappa shape index (κ1) is 17.1. The standard InChI is InChI=1S/C20H24O3/c1-13-7-8-16(11-14(13)2)20(4,5)17-9-10-18(15(3)12-17)23-19(21)22-6/h7-12H,1-6H3. The van der Waals surface area contributed by atoms with Crippen molar-refractivity contribution in [1.29, 1.82) is 0 Å². The summed E-state index contributed by atoms with van der Waals surface area (Å²) in [5.74, 6) is 0.525. The summed E-state index contributed by atoms with van der Waals surface area (Å²) >= 11 is 0. The molecule has 0 aliphatic heterocycles. The second-order valence-corrected chi connectivity index (χ2v) is 6.46. The third-order valence-corrected chi connectivity index (χ3v) is 4.49. The van der Waals surface area contributed by atoms with Crippen molar-refractivity contribution < 1.29 is 14.3 Å². The molecule has 2 aromatic rings. The zero-order chi connectivity index (χ0) is 17.2. The highest BCUT2D eigenvalue weighted by atomic mass is 16.7. The first-order valence-electron chi connectivity index (χ1n) is 7.70. The van der Waals surface area contributed by atoms with Crippen LogP contribution in [0.1, 0.15) is 41.7 Å². The molecule has 0 amide bonds. The Morgan fingerprint density at radius 3 is 1.96 bits per heavy atom. The highest BCUT2D eigenvalue weighted by molar-refractivity contribution is 5.64. The van der Waals surface area contributed by atoms with E-state index in [0.717, 1.165) is 5.56 Å². The van der Waals surface area contributed by atoms with Crippen LogP contribution in [0.5, 0.6) is 5.75 Å². The molecule has 0 fully saturated rings. The van der Waals surface area contributed by atoms with Crippen LogP contribution in [0.3, 0.4) is 0 Å². The molecular weight excluding hydrogens is 288 g/mol. The van der Waals surface area contributed by atoms with Gasteiger partial charge in [-0.3, -0.25) is 0 Å². The minimum Gasteiger partial charge on any atom is -0.437 e. The summed E-state index contributed by atoms with van der Waals surface area (Å²) in [4.78, 5) is 11.3. The van der Waals surface area contributed by atoms with Crippen LogP contribution in [0.15, 0.2) is 36.4 Å². The Kier molecular flexibility index (Phi) is 4.79. The molecule has 0 saturated heterocycles. The van der Waals surface area contributed by atoms with E-state index in [4.69, 9.17) is 4.74 Å². The largest absolute Gasteiger partial charge is 0.513 e. The number of hydrogen-bond donors (Lipinski definition) is 0. The number of rotatable bonds is 3. The van der Waals surface area contributed by atoms with Crippen LogP contribution < -0.4 is 4.74 Å². The highest BCUT2D eigenvalue weighted by Gasteiger charge is 2.24. The molecule has 0 aromatic heterocycles. The van der Waals surface area contributed by atoms with E-state index in [0.29, 0.717) is 5.75 Å². The first-order valence-corrected chi connectivity index (χ1v) is 7.70. The lowest BCUT2D eigenvalue weighted by Crippen LogP contribution is -2.19. The average molecular weight is 312 g/mol. The van der Waals surface area contributed by atoms with E-state index in [9.17, 15) is 4.79 Å². The van der Waals surface area contributed by atoms with Gasteiger partial charge in [0.1, 0.15) is 5.75 Å². The van der Waals surface area contributed by atoms with E-state index in [1.807, 2.05) is 19.1 Å². The monoisotopic (exact) mass is 312 g/mol. The molecule has 0 radical (unpaired) electrons. The Balaban J connectivity index is 2.38. The summed E-state index contributed by atoms with van der Waals surface area (Å²) in [6.07, 6.45) is -0.700. The Labute approximate surface area is 138 Å². The van der Waals surface area contributed by atoms with E-state index < -0.39 is 6.16 Å². The number of hydrogen-bond acceptors (Lipinski definition) is 3. The maximum atomic E-state index is 11.3. The van der Waals surface area contributed by atoms with Crippen molar-refractivity contribution in [2.75, 3.05) is 7.11 Å². The second kappa shape index (κ2) is 6.45. The minimum absolute atomic E-state index is 0.132. The number of carbonyl (C=O) groups excluding carboxylic acids is 1. The van der Waals surface area contributed by atoms with Crippen molar-refractivity contribution in [2.45, 2.75) is 40.0 Å². The molecule has 0 N–H and O–H groups in total. The molecule has 0 heterocycles. The third-order valence-electron chi connectivity index (χ3n) is 4.49. The second-order valence-electron chi connectivity index (χ2n) is 6.46. The predicted molar refractivity (Wildman–Crippen MR) is 92.3 cm³/mol. The van der Waals surface area contributed by atoms with Gasteiger partial charge in [-0.05, 0) is 54.7 Å². The fourth-order valence-corrected chi connectivity index (χ4v) is 2.58. The highest BCUT2D eigenvalue weighted by Crippen LogP contribution is 2.34. The van der Waals surface area contributed by atoms with Crippen LogP contribution in [-0.4, -0.2) is 13.3 Å². The van der Waals surface area contributed by atoms with Gasteiger partial charge in [0, 0.05) is 5.41 Å². The topological polar surface area (TPSA) is 35.5 Å². The molecule has 0 unspecified atom stereocenters. The molecule has 2 rings (SSSR count). The smallest absolute Gasteiger partial charge is 0.437 e. The Morgan fingerprint density at radius 2 is 1.43 bits per heavy atom. The number of benzene rings is 2. The molecule has 0 aliphatic carbocycles. The van der Waals surface area contributed by atoms with Gasteiger partial charge in [-0.25, -0.2) is 4.79 Å². The van der Waals surface area contributed by atoms with Gasteiger partial charge >= 0.3 is 6.16 Å². The molecule has 0 bridgehead atoms. The summed E-state index contributed by atoms with van der Waals surface area (Å²) in [7, 11) is 1.30. The van der Waals surface area contributed by atoms with Crippen molar-refractivity contribution in [1.82, 2.24) is 0 Å². The van der Waals surface area contributed by atoms with Crippen molar-refractivity contribution in [3.8, 4) is 5.75 Å². The molecule has 3 heteroatoms. The maximum absolute atomic E-state index is 11.3. The molecule has 0 saturated carbocycles. The summed E-state index contributed by atoms with van der Waals surface area (Å²) < 4.78 is 9.68. The van der Waals surface area contributed by atoms with Crippen LogP contribution in [0.4, 0.5) is 4.79 Å². The molecular formula is C20H24O3. The van der Waals surface area contributed by atoms with Gasteiger partial charge in [0.15, 0.2) is 0 Å². The van der Waals surface area contributed by atoms with Crippen LogP contribution in [0.2, 0.25) is 0 Å². The average Bonchev–Trinajstić information content (AvgIpc) is 2.51. The summed E-state index contributed by atoms with van der Waals surface area (Å²) in [5, 5.41) is 0. The zero-order valence-electron chi connectivity index (χ0n) is 14.7. The van der Waals surface area contributed by atoms with Gasteiger partial charge in [-0.1, -0.05) is 44.2 Å². The fourth-order valence-electron chi connectivity index (χ4n) is 2.58. The van der Waals surface area contributed by atoms with E-state index in [2.05, 4.69) is 56.7 Å². The van der Waals surface area contributed by atoms with Crippen molar-refractivity contribution in [3.63, 3.8) is 0 Å². The van der Waals surface area contributed by atoms with Gasteiger partial charge in [-0.2, -0.15) is 0 Å². The number of aryl methyl sites for hydroxylation is 3. The summed E-state index contributed by atoms with van der Waals surface area (Å²) in [6.45, 7) is 10.6. The van der Waals surface area contributed by atoms with Crippen molar-refractivity contribution in [2.24, 2.45) is 0 Å². The molecule has 0 aliphatic rings. The Bertz CT molecular complexity index is 730. The molecule has 3 nitrogen and oxygen atoms in total. The van der Waals surface area contributed by atoms with Crippen LogP contribution in [-0.2, 0) is 10.2 Å². The van der Waals surface area contributed by atoms with E-state index >= 15 is 0 Å². The van der Waals surface area contributed by atoms with E-state index in [-0.39, 0.29) is 5.41 Å². The lowest BCUT2D eigenvalue weighted by Gasteiger charge is -2.27. The van der Waals surface area contributed by atoms with Gasteiger partial charge in [0.05, 0.1) is 7.11 Å². The van der Waals surface area contributed by atoms with Crippen molar-refractivity contribution in [3.05, 3.63) is 64.2 Å². The van der Waals surface area contributed by atoms with Crippen LogP contribution >= 0.6 is 0 Å². The first-order chi connectivity index (χ1) is 10.8. The lowest BCUT2D eigenvalue weighted by molar-refractivity contribution is 0.121. The molecule has 0 spiro atoms. The van der Waals surface area contributed by atoms with Gasteiger partial charge < -0.3 is 9.47 Å². The molecule has 0 atom stereocenters. The predicted octanol–water partition coefficient (Wildman–Crippen LogP) is 5.08. The van der Waals surface area contributed by atoms with E-state index in [1.165, 1.54) is 29.4 Å². The lowest BCUT2D eigenvalue weighted by atomic mass is 9.77. The Morgan fingerprint density at radius 1 is 0.870 bits per heavy atom. The number of methoxy groups -OCH3 is 1. The molecule has 23 heavy (non-hydrogen) atoms. The maximum Gasteiger partial charge on any atom is 0.513 e. The zero-order valence-corrected chi connectivity index (χ0v) is 14.7. The molecule has 122 valence electrons. The summed E-state index contributed by atoms with van der Waals surface area (Å²) in [6, 6.07) is 12.5. The van der Waals surface area contributed by atoms with Gasteiger partial charge in [-0.15, -0.1) is 0 Å². The quantitative estimate of drug-likeness (QED) is 0.585. The van der Waals surface area contributed by atoms with Gasteiger partial charge in [0.25, 0.3) is 0 Å². The Hall–Kier alpha value is -2.29. The van der Waals surface area contributed by atoms with Crippen LogP contribution in [0, 0.1) is 20.8 Å². The van der Waals surface area contributed by atoms with Gasteiger partial charge in [0.2, 0.25) is 0 Å². The normalized spacial score (nSPS) is 11.2.